The molecule has 2 heteroatoms. The molecule has 14 heavy (non-hydrogen) atoms. The molecular formula is C12H8O2. The molecule has 68 valence electrons. The molecule has 2 N–H and O–H groups in total. The zero-order valence-corrected chi connectivity index (χ0v) is 7.36. The monoisotopic (exact) mass is 184 g/mol. The lowest BCUT2D eigenvalue weighted by atomic mass is 9.91. The molecule has 2 nitrogen and oxygen atoms in total. The van der Waals surface area contributed by atoms with Gasteiger partial charge in [0.2, 0.25) is 0 Å². The predicted molar refractivity (Wildman–Crippen MR) is 56.2 cm³/mol. The number of rotatable bonds is 0. The number of hydrogen-bond acceptors (Lipinski definition) is 2. The van der Waals surface area contributed by atoms with Crippen molar-refractivity contribution in [3.63, 3.8) is 0 Å². The quantitative estimate of drug-likeness (QED) is 0.527. The summed E-state index contributed by atoms with van der Waals surface area (Å²) >= 11 is 0. The fourth-order valence-corrected chi connectivity index (χ4v) is 1.85. The van der Waals surface area contributed by atoms with Gasteiger partial charge in [-0.2, -0.15) is 0 Å². The van der Waals surface area contributed by atoms with Crippen molar-refractivity contribution >= 4 is 22.9 Å². The molecule has 0 bridgehead atoms. The highest BCUT2D eigenvalue weighted by molar-refractivity contribution is 6.05. The molecule has 1 aliphatic rings. The first kappa shape index (κ1) is 7.44. The van der Waals surface area contributed by atoms with Crippen LogP contribution in [0.3, 0.4) is 0 Å². The Morgan fingerprint density at radius 3 is 1.50 bits per heavy atom. The summed E-state index contributed by atoms with van der Waals surface area (Å²) in [6.07, 6.45) is 3.60. The Kier molecular flexibility index (Phi) is 1.22. The van der Waals surface area contributed by atoms with Crippen LogP contribution in [0.2, 0.25) is 0 Å². The molecular weight excluding hydrogens is 176 g/mol. The molecule has 0 aliphatic heterocycles. The van der Waals surface area contributed by atoms with Crippen molar-refractivity contribution < 1.29 is 10.2 Å². The topological polar surface area (TPSA) is 40.5 Å². The second-order valence-corrected chi connectivity index (χ2v) is 3.40. The maximum absolute atomic E-state index is 9.85. The Bertz CT molecular complexity index is 518. The van der Waals surface area contributed by atoms with E-state index in [0.717, 1.165) is 11.1 Å². The lowest BCUT2D eigenvalue weighted by Crippen LogP contribution is -1.92. The van der Waals surface area contributed by atoms with Crippen LogP contribution in [-0.4, -0.2) is 10.2 Å². The summed E-state index contributed by atoms with van der Waals surface area (Å²) in [5.74, 6) is 0.520. The van der Waals surface area contributed by atoms with Crippen molar-refractivity contribution in [3.05, 3.63) is 35.4 Å². The van der Waals surface area contributed by atoms with E-state index in [9.17, 15) is 10.2 Å². The molecule has 2 aromatic carbocycles. The van der Waals surface area contributed by atoms with E-state index in [1.54, 1.807) is 24.3 Å². The van der Waals surface area contributed by atoms with E-state index in [4.69, 9.17) is 0 Å². The van der Waals surface area contributed by atoms with Gasteiger partial charge in [-0.1, -0.05) is 24.3 Å². The summed E-state index contributed by atoms with van der Waals surface area (Å²) in [7, 11) is 0. The molecule has 3 rings (SSSR count). The van der Waals surface area contributed by atoms with E-state index >= 15 is 0 Å². The SMILES string of the molecule is Oc1c2c(c(O)c3ccccc13)C=C2. The number of hydrogen-bond donors (Lipinski definition) is 2. The van der Waals surface area contributed by atoms with Gasteiger partial charge in [-0.25, -0.2) is 0 Å². The van der Waals surface area contributed by atoms with Gasteiger partial charge in [-0.15, -0.1) is 0 Å². The molecule has 1 aliphatic carbocycles. The zero-order chi connectivity index (χ0) is 9.71. The first-order chi connectivity index (χ1) is 6.79. The van der Waals surface area contributed by atoms with Crippen LogP contribution in [0.15, 0.2) is 24.3 Å². The summed E-state index contributed by atoms with van der Waals surface area (Å²) < 4.78 is 0. The average molecular weight is 184 g/mol. The standard InChI is InChI=1S/C12H8O2/c13-11-7-3-1-2-4-8(7)12(14)10-6-5-9(10)11/h1-6,13-14H. The molecule has 0 aromatic heterocycles. The summed E-state index contributed by atoms with van der Waals surface area (Å²) in [5.41, 5.74) is 1.47. The maximum atomic E-state index is 9.85. The Balaban J connectivity index is 2.57. The molecule has 0 heterocycles. The fraction of sp³-hybridized carbons (Fsp3) is 0. The van der Waals surface area contributed by atoms with E-state index in [-0.39, 0.29) is 11.5 Å². The second-order valence-electron chi connectivity index (χ2n) is 3.40. The molecule has 0 fully saturated rings. The Morgan fingerprint density at radius 2 is 1.14 bits per heavy atom. The second kappa shape index (κ2) is 2.29. The molecule has 0 radical (unpaired) electrons. The molecule has 0 atom stereocenters. The molecule has 2 aromatic rings. The van der Waals surface area contributed by atoms with Crippen LogP contribution in [0.4, 0.5) is 0 Å². The van der Waals surface area contributed by atoms with Gasteiger partial charge < -0.3 is 10.2 Å². The van der Waals surface area contributed by atoms with E-state index in [1.807, 2.05) is 12.1 Å². The Hall–Kier alpha value is -1.96. The van der Waals surface area contributed by atoms with Crippen LogP contribution in [0.1, 0.15) is 11.1 Å². The first-order valence-electron chi connectivity index (χ1n) is 4.44. The first-order valence-corrected chi connectivity index (χ1v) is 4.44. The number of aromatic hydroxyl groups is 2. The number of fused-ring (bicyclic) bond motifs is 2. The third-order valence-electron chi connectivity index (χ3n) is 2.65. The smallest absolute Gasteiger partial charge is 0.131 e. The van der Waals surface area contributed by atoms with Crippen molar-refractivity contribution in [2.45, 2.75) is 0 Å². The van der Waals surface area contributed by atoms with Gasteiger partial charge in [0, 0.05) is 21.9 Å². The summed E-state index contributed by atoms with van der Waals surface area (Å²) in [4.78, 5) is 0. The summed E-state index contributed by atoms with van der Waals surface area (Å²) in [5, 5.41) is 21.1. The summed E-state index contributed by atoms with van der Waals surface area (Å²) in [6.45, 7) is 0. The van der Waals surface area contributed by atoms with Crippen LogP contribution >= 0.6 is 0 Å². The van der Waals surface area contributed by atoms with E-state index in [1.165, 1.54) is 0 Å². The van der Waals surface area contributed by atoms with E-state index < -0.39 is 0 Å². The van der Waals surface area contributed by atoms with Gasteiger partial charge >= 0.3 is 0 Å². The minimum Gasteiger partial charge on any atom is -0.507 e. The van der Waals surface area contributed by atoms with Crippen molar-refractivity contribution in [2.24, 2.45) is 0 Å². The minimum absolute atomic E-state index is 0.260. The zero-order valence-electron chi connectivity index (χ0n) is 7.36. The lowest BCUT2D eigenvalue weighted by molar-refractivity contribution is 0.466. The fourth-order valence-electron chi connectivity index (χ4n) is 1.85. The third-order valence-corrected chi connectivity index (χ3v) is 2.65. The van der Waals surface area contributed by atoms with Gasteiger partial charge in [0.1, 0.15) is 11.5 Å². The van der Waals surface area contributed by atoms with Crippen LogP contribution in [0, 0.1) is 0 Å². The van der Waals surface area contributed by atoms with E-state index in [2.05, 4.69) is 0 Å². The maximum Gasteiger partial charge on any atom is 0.131 e. The largest absolute Gasteiger partial charge is 0.507 e. The third kappa shape index (κ3) is 0.708. The number of benzene rings is 2. The molecule has 0 amide bonds. The van der Waals surface area contributed by atoms with Crippen molar-refractivity contribution in [2.75, 3.05) is 0 Å². The Morgan fingerprint density at radius 1 is 0.714 bits per heavy atom. The Labute approximate surface area is 80.7 Å². The minimum atomic E-state index is 0.260. The predicted octanol–water partition coefficient (Wildman–Crippen LogP) is 2.73. The normalized spacial score (nSPS) is 12.6. The lowest BCUT2D eigenvalue weighted by Gasteiger charge is -2.16. The van der Waals surface area contributed by atoms with E-state index in [0.29, 0.717) is 10.8 Å². The van der Waals surface area contributed by atoms with Crippen LogP contribution < -0.4 is 0 Å². The molecule has 0 unspecified atom stereocenters. The highest BCUT2D eigenvalue weighted by atomic mass is 16.3. The van der Waals surface area contributed by atoms with Gasteiger partial charge in [0.25, 0.3) is 0 Å². The summed E-state index contributed by atoms with van der Waals surface area (Å²) in [6, 6.07) is 7.29. The van der Waals surface area contributed by atoms with Crippen molar-refractivity contribution in [1.82, 2.24) is 0 Å². The number of phenolic OH excluding ortho intramolecular Hbond substituents is 2. The van der Waals surface area contributed by atoms with Gasteiger partial charge in [0.05, 0.1) is 0 Å². The van der Waals surface area contributed by atoms with Crippen LogP contribution in [-0.2, 0) is 0 Å². The molecule has 0 saturated heterocycles. The van der Waals surface area contributed by atoms with Crippen LogP contribution in [0.25, 0.3) is 22.9 Å². The van der Waals surface area contributed by atoms with Crippen molar-refractivity contribution in [1.29, 1.82) is 0 Å². The highest BCUT2D eigenvalue weighted by Crippen LogP contribution is 2.44. The number of phenols is 2. The van der Waals surface area contributed by atoms with Gasteiger partial charge in [-0.05, 0) is 12.2 Å². The van der Waals surface area contributed by atoms with Crippen molar-refractivity contribution in [3.8, 4) is 11.5 Å². The highest BCUT2D eigenvalue weighted by Gasteiger charge is 2.19. The molecule has 0 saturated carbocycles. The van der Waals surface area contributed by atoms with Gasteiger partial charge in [0.15, 0.2) is 0 Å². The van der Waals surface area contributed by atoms with Crippen LogP contribution in [0.5, 0.6) is 11.5 Å². The molecule has 0 spiro atoms. The average Bonchev–Trinajstić information content (AvgIpc) is 2.14. The van der Waals surface area contributed by atoms with Gasteiger partial charge in [-0.3, -0.25) is 0 Å².